The zero-order valence-corrected chi connectivity index (χ0v) is 13.3. The maximum absolute atomic E-state index is 12.7. The van der Waals surface area contributed by atoms with E-state index < -0.39 is 10.0 Å². The molecule has 7 nitrogen and oxygen atoms in total. The zero-order valence-electron chi connectivity index (χ0n) is 12.5. The Morgan fingerprint density at radius 3 is 2.38 bits per heavy atom. The van der Waals surface area contributed by atoms with Crippen LogP contribution < -0.4 is 5.32 Å². The van der Waals surface area contributed by atoms with Crippen LogP contribution in [0.25, 0.3) is 0 Å². The summed E-state index contributed by atoms with van der Waals surface area (Å²) in [5, 5.41) is 9.40. The third kappa shape index (κ3) is 3.06. The molecule has 0 saturated carbocycles. The molecule has 1 aromatic carbocycles. The largest absolute Gasteiger partial charge is 0.388 e. The van der Waals surface area contributed by atoms with Crippen molar-refractivity contribution in [2.24, 2.45) is 0 Å². The standard InChI is InChI=1S/C13H19N5O2S/c1-9-5-11(14-3)6-10(2)13(9)21(19,20)18(4)7-12-15-8-16-17-12/h5-6,8,14H,7H2,1-4H3,(H,15,16,17). The van der Waals surface area contributed by atoms with E-state index in [0.717, 1.165) is 5.69 Å². The SMILES string of the molecule is CNc1cc(C)c(S(=O)(=O)N(C)Cc2ncn[nH]2)c(C)c1. The second-order valence-electron chi connectivity index (χ2n) is 4.88. The van der Waals surface area contributed by atoms with Crippen LogP contribution >= 0.6 is 0 Å². The molecule has 0 aliphatic carbocycles. The number of anilines is 1. The summed E-state index contributed by atoms with van der Waals surface area (Å²) in [6.45, 7) is 3.74. The molecule has 0 bridgehead atoms. The van der Waals surface area contributed by atoms with Gasteiger partial charge in [0.15, 0.2) is 0 Å². The van der Waals surface area contributed by atoms with Gasteiger partial charge in [-0.05, 0) is 37.1 Å². The summed E-state index contributed by atoms with van der Waals surface area (Å²) < 4.78 is 26.8. The Bertz CT molecular complexity index is 702. The number of benzene rings is 1. The van der Waals surface area contributed by atoms with E-state index in [9.17, 15) is 8.42 Å². The van der Waals surface area contributed by atoms with Crippen molar-refractivity contribution in [1.29, 1.82) is 0 Å². The molecule has 2 aromatic rings. The Hall–Kier alpha value is -1.93. The molecule has 0 unspecified atom stereocenters. The summed E-state index contributed by atoms with van der Waals surface area (Å²) in [6, 6.07) is 3.64. The Balaban J connectivity index is 2.39. The molecule has 1 aromatic heterocycles. The highest BCUT2D eigenvalue weighted by Crippen LogP contribution is 2.27. The molecule has 0 radical (unpaired) electrons. The summed E-state index contributed by atoms with van der Waals surface area (Å²) in [6.07, 6.45) is 1.36. The smallest absolute Gasteiger partial charge is 0.243 e. The lowest BCUT2D eigenvalue weighted by molar-refractivity contribution is 0.456. The van der Waals surface area contributed by atoms with Crippen LogP contribution in [0.2, 0.25) is 0 Å². The van der Waals surface area contributed by atoms with Crippen molar-refractivity contribution < 1.29 is 8.42 Å². The van der Waals surface area contributed by atoms with Crippen molar-refractivity contribution in [3.63, 3.8) is 0 Å². The topological polar surface area (TPSA) is 91.0 Å². The molecule has 8 heteroatoms. The predicted octanol–water partition coefficient (Wildman–Crippen LogP) is 1.28. The van der Waals surface area contributed by atoms with E-state index in [1.165, 1.54) is 17.7 Å². The van der Waals surface area contributed by atoms with Crippen molar-refractivity contribution >= 4 is 15.7 Å². The maximum atomic E-state index is 12.7. The van der Waals surface area contributed by atoms with Gasteiger partial charge in [0.25, 0.3) is 0 Å². The number of nitrogens with zero attached hydrogens (tertiary/aromatic N) is 3. The first kappa shape index (κ1) is 15.5. The van der Waals surface area contributed by atoms with E-state index in [-0.39, 0.29) is 6.54 Å². The van der Waals surface area contributed by atoms with Gasteiger partial charge in [0, 0.05) is 19.8 Å². The third-order valence-corrected chi connectivity index (χ3v) is 5.36. The molecule has 0 spiro atoms. The van der Waals surface area contributed by atoms with Gasteiger partial charge >= 0.3 is 0 Å². The Labute approximate surface area is 124 Å². The molecule has 2 rings (SSSR count). The summed E-state index contributed by atoms with van der Waals surface area (Å²) in [7, 11) is -0.249. The van der Waals surface area contributed by atoms with Crippen LogP contribution in [0.4, 0.5) is 5.69 Å². The quantitative estimate of drug-likeness (QED) is 0.868. The number of hydrogen-bond donors (Lipinski definition) is 2. The van der Waals surface area contributed by atoms with Crippen LogP contribution in [-0.4, -0.2) is 42.0 Å². The molecule has 21 heavy (non-hydrogen) atoms. The average Bonchev–Trinajstić information content (AvgIpc) is 2.90. The van der Waals surface area contributed by atoms with E-state index in [0.29, 0.717) is 21.8 Å². The molecule has 0 amide bonds. The minimum atomic E-state index is -3.58. The van der Waals surface area contributed by atoms with Crippen LogP contribution in [0.1, 0.15) is 17.0 Å². The number of hydrogen-bond acceptors (Lipinski definition) is 5. The van der Waals surface area contributed by atoms with E-state index in [1.807, 2.05) is 12.1 Å². The number of nitrogens with one attached hydrogen (secondary N) is 2. The van der Waals surface area contributed by atoms with Gasteiger partial charge in [-0.15, -0.1) is 0 Å². The third-order valence-electron chi connectivity index (χ3n) is 3.25. The first-order valence-electron chi connectivity index (χ1n) is 6.46. The highest BCUT2D eigenvalue weighted by molar-refractivity contribution is 7.89. The molecule has 2 N–H and O–H groups in total. The van der Waals surface area contributed by atoms with Crippen molar-refractivity contribution in [2.75, 3.05) is 19.4 Å². The fourth-order valence-corrected chi connectivity index (χ4v) is 3.80. The highest BCUT2D eigenvalue weighted by Gasteiger charge is 2.25. The van der Waals surface area contributed by atoms with Gasteiger partial charge in [-0.25, -0.2) is 13.4 Å². The second-order valence-corrected chi connectivity index (χ2v) is 6.86. The number of H-pyrrole nitrogens is 1. The molecule has 0 saturated heterocycles. The molecule has 0 fully saturated rings. The van der Waals surface area contributed by atoms with Crippen molar-refractivity contribution in [2.45, 2.75) is 25.3 Å². The van der Waals surface area contributed by atoms with Crippen molar-refractivity contribution in [1.82, 2.24) is 19.5 Å². The van der Waals surface area contributed by atoms with Gasteiger partial charge in [0.2, 0.25) is 10.0 Å². The molecule has 0 aliphatic rings. The lowest BCUT2D eigenvalue weighted by Crippen LogP contribution is -2.28. The number of aryl methyl sites for hydroxylation is 2. The van der Waals surface area contributed by atoms with E-state index in [2.05, 4.69) is 20.5 Å². The number of sulfonamides is 1. The summed E-state index contributed by atoms with van der Waals surface area (Å²) in [5.74, 6) is 0.503. The lowest BCUT2D eigenvalue weighted by Gasteiger charge is -2.19. The molecule has 1 heterocycles. The lowest BCUT2D eigenvalue weighted by atomic mass is 10.1. The zero-order chi connectivity index (χ0) is 15.6. The van der Waals surface area contributed by atoms with Crippen LogP contribution in [0.5, 0.6) is 0 Å². The fourth-order valence-electron chi connectivity index (χ4n) is 2.26. The highest BCUT2D eigenvalue weighted by atomic mass is 32.2. The van der Waals surface area contributed by atoms with E-state index >= 15 is 0 Å². The Morgan fingerprint density at radius 2 is 1.90 bits per heavy atom. The Kier molecular flexibility index (Phi) is 4.29. The molecule has 114 valence electrons. The van der Waals surface area contributed by atoms with Gasteiger partial charge in [-0.1, -0.05) is 0 Å². The Morgan fingerprint density at radius 1 is 1.29 bits per heavy atom. The monoisotopic (exact) mass is 309 g/mol. The van der Waals surface area contributed by atoms with E-state index in [1.54, 1.807) is 20.9 Å². The van der Waals surface area contributed by atoms with Crippen LogP contribution in [0, 0.1) is 13.8 Å². The van der Waals surface area contributed by atoms with Crippen LogP contribution in [0.3, 0.4) is 0 Å². The normalized spacial score (nSPS) is 11.9. The van der Waals surface area contributed by atoms with Gasteiger partial charge < -0.3 is 5.32 Å². The van der Waals surface area contributed by atoms with E-state index in [4.69, 9.17) is 0 Å². The summed E-state index contributed by atoms with van der Waals surface area (Å²) in [5.41, 5.74) is 2.31. The molecular formula is C13H19N5O2S. The number of aromatic amines is 1. The molecule has 0 atom stereocenters. The average molecular weight is 309 g/mol. The first-order chi connectivity index (χ1) is 9.86. The van der Waals surface area contributed by atoms with Gasteiger partial charge in [-0.3, -0.25) is 5.10 Å². The fraction of sp³-hybridized carbons (Fsp3) is 0.385. The van der Waals surface area contributed by atoms with Gasteiger partial charge in [0.05, 0.1) is 11.4 Å². The molecular weight excluding hydrogens is 290 g/mol. The maximum Gasteiger partial charge on any atom is 0.243 e. The first-order valence-corrected chi connectivity index (χ1v) is 7.90. The summed E-state index contributed by atoms with van der Waals surface area (Å²) in [4.78, 5) is 4.29. The van der Waals surface area contributed by atoms with Gasteiger partial charge in [0.1, 0.15) is 12.2 Å². The van der Waals surface area contributed by atoms with Crippen molar-refractivity contribution in [3.8, 4) is 0 Å². The minimum Gasteiger partial charge on any atom is -0.388 e. The van der Waals surface area contributed by atoms with Crippen LogP contribution in [-0.2, 0) is 16.6 Å². The predicted molar refractivity (Wildman–Crippen MR) is 80.5 cm³/mol. The second kappa shape index (κ2) is 5.82. The van der Waals surface area contributed by atoms with Gasteiger partial charge in [-0.2, -0.15) is 9.40 Å². The number of rotatable bonds is 5. The molecule has 0 aliphatic heterocycles. The number of aromatic nitrogens is 3. The summed E-state index contributed by atoms with van der Waals surface area (Å²) >= 11 is 0. The van der Waals surface area contributed by atoms with Crippen molar-refractivity contribution in [3.05, 3.63) is 35.4 Å². The minimum absolute atomic E-state index is 0.148. The van der Waals surface area contributed by atoms with Crippen LogP contribution in [0.15, 0.2) is 23.4 Å².